The molecule has 0 saturated carbocycles. The van der Waals surface area contributed by atoms with Crippen LogP contribution in [0.1, 0.15) is 73.2 Å². The zero-order valence-electron chi connectivity index (χ0n) is 20.2. The molecule has 7 heteroatoms. The minimum absolute atomic E-state index is 0.00921. The summed E-state index contributed by atoms with van der Waals surface area (Å²) < 4.78 is 12.8. The van der Waals surface area contributed by atoms with E-state index in [2.05, 4.69) is 67.7 Å². The topological polar surface area (TPSA) is 77.4 Å². The van der Waals surface area contributed by atoms with Crippen molar-refractivity contribution in [2.45, 2.75) is 59.2 Å². The summed E-state index contributed by atoms with van der Waals surface area (Å²) in [4.78, 5) is 13.2. The monoisotopic (exact) mass is 460 g/mol. The highest BCUT2D eigenvalue weighted by Crippen LogP contribution is 2.44. The molecule has 0 spiro atoms. The lowest BCUT2D eigenvalue weighted by atomic mass is 9.80. The normalized spacial score (nSPS) is 18.8. The van der Waals surface area contributed by atoms with Crippen molar-refractivity contribution in [3.8, 4) is 11.5 Å². The highest BCUT2D eigenvalue weighted by molar-refractivity contribution is 5.98. The van der Waals surface area contributed by atoms with Gasteiger partial charge in [0, 0.05) is 6.54 Å². The number of aryl methyl sites for hydroxylation is 1. The van der Waals surface area contributed by atoms with Crippen molar-refractivity contribution >= 4 is 11.7 Å². The van der Waals surface area contributed by atoms with Gasteiger partial charge in [-0.1, -0.05) is 58.0 Å². The number of carbonyl (C=O) groups excluding carboxylic acids is 1. The van der Waals surface area contributed by atoms with Crippen LogP contribution >= 0.6 is 0 Å². The van der Waals surface area contributed by atoms with Crippen molar-refractivity contribution in [1.29, 1.82) is 0 Å². The van der Waals surface area contributed by atoms with Crippen LogP contribution in [0.15, 0.2) is 48.7 Å². The van der Waals surface area contributed by atoms with Crippen LogP contribution in [0, 0.1) is 5.41 Å². The number of fused-ring (bicyclic) bond motifs is 2. The third-order valence-corrected chi connectivity index (χ3v) is 6.79. The second-order valence-electron chi connectivity index (χ2n) is 10.1. The van der Waals surface area contributed by atoms with E-state index in [0.29, 0.717) is 17.9 Å². The van der Waals surface area contributed by atoms with Crippen molar-refractivity contribution in [1.82, 2.24) is 15.1 Å². The second kappa shape index (κ2) is 8.70. The quantitative estimate of drug-likeness (QED) is 0.544. The van der Waals surface area contributed by atoms with Gasteiger partial charge in [-0.05, 0) is 47.1 Å². The van der Waals surface area contributed by atoms with E-state index in [1.807, 2.05) is 22.9 Å². The number of nitrogens with zero attached hydrogens (tertiary/aromatic N) is 2. The first kappa shape index (κ1) is 22.3. The molecular formula is C27H32N4O3. The number of ether oxygens (including phenoxy) is 2. The molecule has 0 radical (unpaired) electrons. The number of amides is 1. The van der Waals surface area contributed by atoms with E-state index in [9.17, 15) is 4.79 Å². The fraction of sp³-hybridized carbons (Fsp3) is 0.407. The van der Waals surface area contributed by atoms with Crippen LogP contribution in [0.4, 0.5) is 5.82 Å². The third kappa shape index (κ3) is 4.22. The summed E-state index contributed by atoms with van der Waals surface area (Å²) >= 11 is 0. The molecule has 178 valence electrons. The summed E-state index contributed by atoms with van der Waals surface area (Å²) in [7, 11) is 0. The molecule has 3 aromatic rings. The maximum absolute atomic E-state index is 13.2. The number of nitrogens with one attached hydrogen (secondary N) is 2. The predicted molar refractivity (Wildman–Crippen MR) is 131 cm³/mol. The van der Waals surface area contributed by atoms with Gasteiger partial charge in [0.25, 0.3) is 5.91 Å². The lowest BCUT2D eigenvalue weighted by Crippen LogP contribution is -2.35. The Morgan fingerprint density at radius 1 is 1.12 bits per heavy atom. The van der Waals surface area contributed by atoms with Crippen molar-refractivity contribution in [2.24, 2.45) is 5.41 Å². The molecule has 1 aromatic heterocycles. The van der Waals surface area contributed by atoms with Gasteiger partial charge in [-0.25, -0.2) is 4.68 Å². The number of hydrogen-bond donors (Lipinski definition) is 2. The fourth-order valence-corrected chi connectivity index (χ4v) is 4.71. The predicted octanol–water partition coefficient (Wildman–Crippen LogP) is 5.25. The molecule has 0 bridgehead atoms. The van der Waals surface area contributed by atoms with Gasteiger partial charge in [0.15, 0.2) is 11.5 Å². The van der Waals surface area contributed by atoms with E-state index < -0.39 is 0 Å². The Labute approximate surface area is 200 Å². The van der Waals surface area contributed by atoms with Crippen LogP contribution < -0.4 is 20.1 Å². The van der Waals surface area contributed by atoms with Gasteiger partial charge in [0.2, 0.25) is 6.79 Å². The maximum atomic E-state index is 13.2. The molecule has 0 fully saturated rings. The van der Waals surface area contributed by atoms with E-state index in [4.69, 9.17) is 9.47 Å². The Morgan fingerprint density at radius 3 is 2.59 bits per heavy atom. The summed E-state index contributed by atoms with van der Waals surface area (Å²) in [6, 6.07) is 14.8. The second-order valence-corrected chi connectivity index (χ2v) is 10.1. The SMILES string of the molecule is CCc1ccc([C@H]2C[C@@H](C(C)(C)C)n3ncc(C(=O)NCc4ccc5c(c4)OCO5)c3N2)cc1. The van der Waals surface area contributed by atoms with Crippen molar-refractivity contribution in [2.75, 3.05) is 12.1 Å². The van der Waals surface area contributed by atoms with Crippen LogP contribution in [0.5, 0.6) is 11.5 Å². The molecule has 0 saturated heterocycles. The van der Waals surface area contributed by atoms with Crippen molar-refractivity contribution < 1.29 is 14.3 Å². The van der Waals surface area contributed by atoms with E-state index in [-0.39, 0.29) is 30.2 Å². The number of carbonyl (C=O) groups is 1. The Morgan fingerprint density at radius 2 is 1.85 bits per heavy atom. The molecule has 5 rings (SSSR count). The van der Waals surface area contributed by atoms with Gasteiger partial charge in [-0.2, -0.15) is 5.10 Å². The number of anilines is 1. The molecule has 3 heterocycles. The molecule has 2 aliphatic heterocycles. The van der Waals surface area contributed by atoms with E-state index in [1.54, 1.807) is 6.20 Å². The molecule has 1 amide bonds. The number of benzene rings is 2. The first-order chi connectivity index (χ1) is 16.3. The molecule has 2 N–H and O–H groups in total. The van der Waals surface area contributed by atoms with Crippen LogP contribution in [0.2, 0.25) is 0 Å². The summed E-state index contributed by atoms with van der Waals surface area (Å²) in [6.07, 6.45) is 3.60. The highest BCUT2D eigenvalue weighted by atomic mass is 16.7. The molecular weight excluding hydrogens is 428 g/mol. The summed E-state index contributed by atoms with van der Waals surface area (Å²) in [5.74, 6) is 2.07. The van der Waals surface area contributed by atoms with Crippen molar-refractivity contribution in [3.05, 3.63) is 70.9 Å². The largest absolute Gasteiger partial charge is 0.454 e. The lowest BCUT2D eigenvalue weighted by Gasteiger charge is -2.39. The van der Waals surface area contributed by atoms with Gasteiger partial charge < -0.3 is 20.1 Å². The standard InChI is InChI=1S/C27H32N4O3/c1-5-17-6-9-19(10-7-17)21-13-24(27(2,3)4)31-25(30-21)20(15-29-31)26(32)28-14-18-8-11-22-23(12-18)34-16-33-22/h6-12,15,21,24,30H,5,13-14,16H2,1-4H3,(H,28,32)/t21-,24+/m1/s1. The fourth-order valence-electron chi connectivity index (χ4n) is 4.71. The van der Waals surface area contributed by atoms with Gasteiger partial charge in [-0.3, -0.25) is 4.79 Å². The number of rotatable bonds is 5. The van der Waals surface area contributed by atoms with E-state index >= 15 is 0 Å². The molecule has 7 nitrogen and oxygen atoms in total. The van der Waals surface area contributed by atoms with Gasteiger partial charge in [-0.15, -0.1) is 0 Å². The van der Waals surface area contributed by atoms with Gasteiger partial charge >= 0.3 is 0 Å². The minimum atomic E-state index is -0.152. The Balaban J connectivity index is 1.38. The van der Waals surface area contributed by atoms with E-state index in [1.165, 1.54) is 11.1 Å². The summed E-state index contributed by atoms with van der Waals surface area (Å²) in [5.41, 5.74) is 4.05. The molecule has 2 aliphatic rings. The van der Waals surface area contributed by atoms with Crippen LogP contribution in [0.25, 0.3) is 0 Å². The zero-order valence-corrected chi connectivity index (χ0v) is 20.2. The van der Waals surface area contributed by atoms with E-state index in [0.717, 1.165) is 30.0 Å². The Hall–Kier alpha value is -3.48. The summed E-state index contributed by atoms with van der Waals surface area (Å²) in [5, 5.41) is 11.3. The zero-order chi connectivity index (χ0) is 23.9. The first-order valence-electron chi connectivity index (χ1n) is 11.9. The average Bonchev–Trinajstić information content (AvgIpc) is 3.48. The van der Waals surface area contributed by atoms with Crippen molar-refractivity contribution in [3.63, 3.8) is 0 Å². The summed E-state index contributed by atoms with van der Waals surface area (Å²) in [6.45, 7) is 9.47. The number of hydrogen-bond acceptors (Lipinski definition) is 5. The molecule has 0 aliphatic carbocycles. The molecule has 2 atom stereocenters. The third-order valence-electron chi connectivity index (χ3n) is 6.79. The maximum Gasteiger partial charge on any atom is 0.256 e. The molecule has 34 heavy (non-hydrogen) atoms. The van der Waals surface area contributed by atoms with Crippen LogP contribution in [-0.2, 0) is 13.0 Å². The highest BCUT2D eigenvalue weighted by Gasteiger charge is 2.37. The minimum Gasteiger partial charge on any atom is -0.454 e. The van der Waals surface area contributed by atoms with Crippen LogP contribution in [-0.4, -0.2) is 22.5 Å². The van der Waals surface area contributed by atoms with Gasteiger partial charge in [0.05, 0.1) is 18.3 Å². The van der Waals surface area contributed by atoms with Crippen LogP contribution in [0.3, 0.4) is 0 Å². The molecule has 2 aromatic carbocycles. The Kier molecular flexibility index (Phi) is 5.71. The number of aromatic nitrogens is 2. The van der Waals surface area contributed by atoms with Gasteiger partial charge in [0.1, 0.15) is 11.4 Å². The Bertz CT molecular complexity index is 1190. The average molecular weight is 461 g/mol. The first-order valence-corrected chi connectivity index (χ1v) is 11.9. The molecule has 0 unspecified atom stereocenters. The lowest BCUT2D eigenvalue weighted by molar-refractivity contribution is 0.0950. The smallest absolute Gasteiger partial charge is 0.256 e.